The van der Waals surface area contributed by atoms with Crippen molar-refractivity contribution in [3.05, 3.63) is 29.6 Å². The van der Waals surface area contributed by atoms with Gasteiger partial charge in [-0.25, -0.2) is 4.39 Å². The van der Waals surface area contributed by atoms with Crippen LogP contribution in [0.4, 0.5) is 4.39 Å². The van der Waals surface area contributed by atoms with E-state index >= 15 is 0 Å². The Morgan fingerprint density at radius 1 is 1.60 bits per heavy atom. The maximum atomic E-state index is 13.2. The van der Waals surface area contributed by atoms with Gasteiger partial charge in [0, 0.05) is 16.5 Å². The first-order valence-corrected chi connectivity index (χ1v) is 6.08. The van der Waals surface area contributed by atoms with Crippen LogP contribution >= 0.6 is 23.4 Å². The molecular formula is C11H11ClFNS. The molecule has 0 saturated carbocycles. The van der Waals surface area contributed by atoms with Gasteiger partial charge in [0.05, 0.1) is 0 Å². The van der Waals surface area contributed by atoms with Crippen molar-refractivity contribution in [3.8, 4) is 6.07 Å². The molecule has 0 heterocycles. The molecule has 1 atom stereocenters. The summed E-state index contributed by atoms with van der Waals surface area (Å²) in [6.45, 7) is 2.02. The quantitative estimate of drug-likeness (QED) is 0.595. The SMILES string of the molecule is CC(CCl)CSc1cccc(F)c1C#N. The minimum Gasteiger partial charge on any atom is -0.206 e. The molecule has 0 aliphatic heterocycles. The predicted octanol–water partition coefficient (Wildman–Crippen LogP) is 3.66. The first-order chi connectivity index (χ1) is 7.19. The zero-order valence-electron chi connectivity index (χ0n) is 8.34. The van der Waals surface area contributed by atoms with E-state index < -0.39 is 5.82 Å². The van der Waals surface area contributed by atoms with E-state index in [-0.39, 0.29) is 5.56 Å². The third kappa shape index (κ3) is 3.40. The molecule has 0 bridgehead atoms. The summed E-state index contributed by atoms with van der Waals surface area (Å²) in [6.07, 6.45) is 0. The van der Waals surface area contributed by atoms with Crippen LogP contribution in [0.3, 0.4) is 0 Å². The highest BCUT2D eigenvalue weighted by molar-refractivity contribution is 7.99. The second kappa shape index (κ2) is 5.99. The van der Waals surface area contributed by atoms with Crippen molar-refractivity contribution in [2.75, 3.05) is 11.6 Å². The van der Waals surface area contributed by atoms with Crippen molar-refractivity contribution in [2.24, 2.45) is 5.92 Å². The highest BCUT2D eigenvalue weighted by Gasteiger charge is 2.09. The van der Waals surface area contributed by atoms with E-state index in [9.17, 15) is 4.39 Å². The molecule has 0 saturated heterocycles. The van der Waals surface area contributed by atoms with E-state index in [2.05, 4.69) is 0 Å². The molecule has 1 unspecified atom stereocenters. The van der Waals surface area contributed by atoms with E-state index in [0.717, 1.165) is 5.75 Å². The zero-order valence-corrected chi connectivity index (χ0v) is 9.91. The molecule has 0 radical (unpaired) electrons. The van der Waals surface area contributed by atoms with E-state index in [1.165, 1.54) is 17.8 Å². The minimum absolute atomic E-state index is 0.129. The van der Waals surface area contributed by atoms with Crippen LogP contribution in [0.15, 0.2) is 23.1 Å². The standard InChI is InChI=1S/C11H11ClFNS/c1-8(5-12)7-15-11-4-2-3-10(13)9(11)6-14/h2-4,8H,5,7H2,1H3. The van der Waals surface area contributed by atoms with E-state index in [0.29, 0.717) is 16.7 Å². The number of hydrogen-bond donors (Lipinski definition) is 0. The van der Waals surface area contributed by atoms with Crippen LogP contribution in [0.25, 0.3) is 0 Å². The van der Waals surface area contributed by atoms with Gasteiger partial charge in [-0.05, 0) is 18.1 Å². The fourth-order valence-corrected chi connectivity index (χ4v) is 2.29. The average molecular weight is 244 g/mol. The Hall–Kier alpha value is -0.720. The summed E-state index contributed by atoms with van der Waals surface area (Å²) < 4.78 is 13.2. The molecule has 15 heavy (non-hydrogen) atoms. The van der Waals surface area contributed by atoms with Crippen molar-refractivity contribution in [1.82, 2.24) is 0 Å². The number of benzene rings is 1. The summed E-state index contributed by atoms with van der Waals surface area (Å²) in [6, 6.07) is 6.55. The fraction of sp³-hybridized carbons (Fsp3) is 0.364. The van der Waals surface area contributed by atoms with Gasteiger partial charge in [-0.3, -0.25) is 0 Å². The topological polar surface area (TPSA) is 23.8 Å². The van der Waals surface area contributed by atoms with Gasteiger partial charge in [-0.15, -0.1) is 23.4 Å². The second-order valence-corrected chi connectivity index (χ2v) is 4.67. The smallest absolute Gasteiger partial charge is 0.142 e. The fourth-order valence-electron chi connectivity index (χ4n) is 1.01. The Bertz CT molecular complexity index is 375. The molecule has 1 aromatic rings. The van der Waals surface area contributed by atoms with Gasteiger partial charge < -0.3 is 0 Å². The van der Waals surface area contributed by atoms with Crippen LogP contribution < -0.4 is 0 Å². The van der Waals surface area contributed by atoms with Gasteiger partial charge in [-0.2, -0.15) is 5.26 Å². The lowest BCUT2D eigenvalue weighted by molar-refractivity contribution is 0.619. The number of thioether (sulfide) groups is 1. The summed E-state index contributed by atoms with van der Waals surface area (Å²) in [4.78, 5) is 0.689. The highest BCUT2D eigenvalue weighted by atomic mass is 35.5. The zero-order chi connectivity index (χ0) is 11.3. The van der Waals surface area contributed by atoms with E-state index in [1.807, 2.05) is 13.0 Å². The summed E-state index contributed by atoms with van der Waals surface area (Å²) in [5.74, 6) is 1.26. The Kier molecular flexibility index (Phi) is 4.93. The van der Waals surface area contributed by atoms with Crippen LogP contribution in [-0.4, -0.2) is 11.6 Å². The highest BCUT2D eigenvalue weighted by Crippen LogP contribution is 2.26. The Balaban J connectivity index is 2.77. The number of alkyl halides is 1. The molecule has 1 aromatic carbocycles. The van der Waals surface area contributed by atoms with Crippen LogP contribution in [0.5, 0.6) is 0 Å². The lowest BCUT2D eigenvalue weighted by Gasteiger charge is -2.08. The number of nitriles is 1. The molecule has 0 aliphatic rings. The maximum absolute atomic E-state index is 13.2. The molecule has 0 amide bonds. The molecule has 1 nitrogen and oxygen atoms in total. The lowest BCUT2D eigenvalue weighted by Crippen LogP contribution is -1.99. The van der Waals surface area contributed by atoms with Gasteiger partial charge in [0.25, 0.3) is 0 Å². The molecule has 0 aliphatic carbocycles. The van der Waals surface area contributed by atoms with Crippen molar-refractivity contribution in [2.45, 2.75) is 11.8 Å². The molecule has 80 valence electrons. The molecule has 0 fully saturated rings. The van der Waals surface area contributed by atoms with E-state index in [4.69, 9.17) is 16.9 Å². The first kappa shape index (κ1) is 12.4. The number of halogens is 2. The van der Waals surface area contributed by atoms with Gasteiger partial charge in [0.2, 0.25) is 0 Å². The summed E-state index contributed by atoms with van der Waals surface area (Å²) in [7, 11) is 0. The van der Waals surface area contributed by atoms with Crippen LogP contribution in [0, 0.1) is 23.1 Å². The van der Waals surface area contributed by atoms with Gasteiger partial charge in [0.15, 0.2) is 0 Å². The van der Waals surface area contributed by atoms with Crippen molar-refractivity contribution < 1.29 is 4.39 Å². The van der Waals surface area contributed by atoms with E-state index in [1.54, 1.807) is 12.1 Å². The summed E-state index contributed by atoms with van der Waals surface area (Å²) in [5.41, 5.74) is 0.129. The normalized spacial score (nSPS) is 12.1. The van der Waals surface area contributed by atoms with Crippen molar-refractivity contribution >= 4 is 23.4 Å². The molecule has 4 heteroatoms. The third-order valence-electron chi connectivity index (χ3n) is 1.87. The van der Waals surface area contributed by atoms with Crippen LogP contribution in [0.1, 0.15) is 12.5 Å². The molecule has 0 N–H and O–H groups in total. The molecular weight excluding hydrogens is 233 g/mol. The van der Waals surface area contributed by atoms with Gasteiger partial charge >= 0.3 is 0 Å². The molecule has 0 aromatic heterocycles. The Morgan fingerprint density at radius 2 is 2.33 bits per heavy atom. The Labute approximate surface area is 98.2 Å². The number of hydrogen-bond acceptors (Lipinski definition) is 2. The molecule has 1 rings (SSSR count). The number of nitrogens with zero attached hydrogens (tertiary/aromatic N) is 1. The van der Waals surface area contributed by atoms with Gasteiger partial charge in [-0.1, -0.05) is 13.0 Å². The van der Waals surface area contributed by atoms with Crippen LogP contribution in [-0.2, 0) is 0 Å². The van der Waals surface area contributed by atoms with Crippen LogP contribution in [0.2, 0.25) is 0 Å². The monoisotopic (exact) mass is 243 g/mol. The first-order valence-electron chi connectivity index (χ1n) is 4.56. The van der Waals surface area contributed by atoms with Crippen molar-refractivity contribution in [3.63, 3.8) is 0 Å². The van der Waals surface area contributed by atoms with Gasteiger partial charge in [0.1, 0.15) is 17.4 Å². The number of rotatable bonds is 4. The predicted molar refractivity (Wildman–Crippen MR) is 61.7 cm³/mol. The van der Waals surface area contributed by atoms with Crippen molar-refractivity contribution in [1.29, 1.82) is 5.26 Å². The largest absolute Gasteiger partial charge is 0.206 e. The summed E-state index contributed by atoms with van der Waals surface area (Å²) in [5, 5.41) is 8.79. The third-order valence-corrected chi connectivity index (χ3v) is 3.79. The summed E-state index contributed by atoms with van der Waals surface area (Å²) >= 11 is 7.14. The second-order valence-electron chi connectivity index (χ2n) is 3.30. The lowest BCUT2D eigenvalue weighted by atomic mass is 10.2. The maximum Gasteiger partial charge on any atom is 0.142 e. The Morgan fingerprint density at radius 3 is 2.93 bits per heavy atom. The molecule has 0 spiro atoms. The average Bonchev–Trinajstić information content (AvgIpc) is 2.25. The minimum atomic E-state index is -0.457.